The largest absolute Gasteiger partial charge is 0.236 e. The Hall–Kier alpha value is -1.43. The summed E-state index contributed by atoms with van der Waals surface area (Å²) in [6, 6.07) is 5.08. The van der Waals surface area contributed by atoms with E-state index in [0.717, 1.165) is 4.88 Å². The first-order valence-corrected chi connectivity index (χ1v) is 5.37. The summed E-state index contributed by atoms with van der Waals surface area (Å²) in [5.41, 5.74) is 0.0633. The lowest BCUT2D eigenvalue weighted by atomic mass is 9.95. The van der Waals surface area contributed by atoms with Crippen LogP contribution < -0.4 is 0 Å². The molecule has 1 atom stereocenters. The molecule has 0 N–H and O–H groups in total. The van der Waals surface area contributed by atoms with E-state index < -0.39 is 6.04 Å². The molecule has 0 radical (unpaired) electrons. The van der Waals surface area contributed by atoms with E-state index in [1.54, 1.807) is 0 Å². The molecular weight excluding hydrogens is 208 g/mol. The predicted molar refractivity (Wildman–Crippen MR) is 59.5 cm³/mol. The third-order valence-electron chi connectivity index (χ3n) is 1.94. The molecule has 0 aliphatic heterocycles. The topological polar surface area (TPSA) is 53.2 Å². The van der Waals surface area contributed by atoms with Crippen LogP contribution in [0.5, 0.6) is 0 Å². The second-order valence-corrected chi connectivity index (χ2v) is 5.32. The van der Waals surface area contributed by atoms with Gasteiger partial charge in [-0.05, 0) is 17.5 Å². The smallest absolute Gasteiger partial charge is 0.211 e. The average molecular weight is 220 g/mol. The van der Waals surface area contributed by atoms with E-state index in [-0.39, 0.29) is 5.41 Å². The van der Waals surface area contributed by atoms with Gasteiger partial charge in [0.2, 0.25) is 6.08 Å². The van der Waals surface area contributed by atoms with Crippen molar-refractivity contribution in [2.75, 3.05) is 0 Å². The third-order valence-corrected chi connectivity index (χ3v) is 3.50. The first-order valence-electron chi connectivity index (χ1n) is 4.56. The molecule has 0 amide bonds. The van der Waals surface area contributed by atoms with Crippen LogP contribution in [0.3, 0.4) is 0 Å². The molecule has 0 aliphatic carbocycles. The number of isocyanates is 1. The second kappa shape index (κ2) is 4.39. The molecule has 1 unspecified atom stereocenters. The van der Waals surface area contributed by atoms with E-state index in [1.807, 2.05) is 18.2 Å². The van der Waals surface area contributed by atoms with Crippen molar-refractivity contribution in [3.8, 4) is 6.07 Å². The molecule has 78 valence electrons. The van der Waals surface area contributed by atoms with Crippen LogP contribution in [0.25, 0.3) is 0 Å². The summed E-state index contributed by atoms with van der Waals surface area (Å²) in [7, 11) is 0. The third kappa shape index (κ3) is 2.76. The number of nitriles is 1. The van der Waals surface area contributed by atoms with Gasteiger partial charge in [0.15, 0.2) is 6.04 Å². The maximum Gasteiger partial charge on any atom is 0.236 e. The molecule has 0 saturated heterocycles. The molecule has 0 aromatic carbocycles. The average Bonchev–Trinajstić information content (AvgIpc) is 2.62. The van der Waals surface area contributed by atoms with Gasteiger partial charge >= 0.3 is 0 Å². The van der Waals surface area contributed by atoms with Crippen molar-refractivity contribution in [2.24, 2.45) is 4.99 Å². The van der Waals surface area contributed by atoms with Crippen LogP contribution in [0.4, 0.5) is 0 Å². The Balaban J connectivity index is 3.04. The van der Waals surface area contributed by atoms with Crippen molar-refractivity contribution < 1.29 is 4.79 Å². The van der Waals surface area contributed by atoms with Gasteiger partial charge < -0.3 is 0 Å². The van der Waals surface area contributed by atoms with Crippen LogP contribution in [0.1, 0.15) is 36.6 Å². The lowest BCUT2D eigenvalue weighted by molar-refractivity contribution is 0.561. The molecule has 4 heteroatoms. The molecule has 0 fully saturated rings. The van der Waals surface area contributed by atoms with Gasteiger partial charge in [-0.25, -0.2) is 4.79 Å². The summed E-state index contributed by atoms with van der Waals surface area (Å²) in [6.45, 7) is 6.31. The van der Waals surface area contributed by atoms with Gasteiger partial charge in [-0.15, -0.1) is 11.3 Å². The summed E-state index contributed by atoms with van der Waals surface area (Å²) in [5.74, 6) is 0. The zero-order chi connectivity index (χ0) is 11.5. The van der Waals surface area contributed by atoms with Gasteiger partial charge in [-0.1, -0.05) is 20.8 Å². The van der Waals surface area contributed by atoms with Crippen molar-refractivity contribution in [1.29, 1.82) is 5.26 Å². The Morgan fingerprint density at radius 3 is 2.53 bits per heavy atom. The summed E-state index contributed by atoms with van der Waals surface area (Å²) >= 11 is 1.52. The zero-order valence-corrected chi connectivity index (χ0v) is 9.76. The van der Waals surface area contributed by atoms with E-state index >= 15 is 0 Å². The number of aliphatic imine (C=N–C) groups is 1. The van der Waals surface area contributed by atoms with Crippen LogP contribution >= 0.6 is 11.3 Å². The van der Waals surface area contributed by atoms with Crippen LogP contribution in [0, 0.1) is 11.3 Å². The number of nitrogens with zero attached hydrogens (tertiary/aromatic N) is 2. The van der Waals surface area contributed by atoms with Crippen LogP contribution in [-0.4, -0.2) is 6.08 Å². The fourth-order valence-corrected chi connectivity index (χ4v) is 2.16. The Morgan fingerprint density at radius 1 is 1.47 bits per heavy atom. The number of carbonyl (C=O) groups excluding carboxylic acids is 1. The standard InChI is InChI=1S/C11H12N2OS/c1-11(2,3)10-5-4-9(15-10)8(6-12)13-7-14/h4-5,8H,1-3H3. The minimum atomic E-state index is -0.705. The summed E-state index contributed by atoms with van der Waals surface area (Å²) in [4.78, 5) is 15.5. The first kappa shape index (κ1) is 11.6. The van der Waals surface area contributed by atoms with Crippen LogP contribution in [0.15, 0.2) is 17.1 Å². The highest BCUT2D eigenvalue weighted by atomic mass is 32.1. The Morgan fingerprint density at radius 2 is 2.13 bits per heavy atom. The van der Waals surface area contributed by atoms with Gasteiger partial charge in [0.25, 0.3) is 0 Å². The minimum absolute atomic E-state index is 0.0633. The summed E-state index contributed by atoms with van der Waals surface area (Å²) < 4.78 is 0. The van der Waals surface area contributed by atoms with Gasteiger partial charge in [0.05, 0.1) is 6.07 Å². The normalized spacial score (nSPS) is 12.7. The van der Waals surface area contributed by atoms with Crippen molar-refractivity contribution in [3.63, 3.8) is 0 Å². The fourth-order valence-electron chi connectivity index (χ4n) is 1.11. The highest BCUT2D eigenvalue weighted by molar-refractivity contribution is 7.12. The zero-order valence-electron chi connectivity index (χ0n) is 8.94. The quantitative estimate of drug-likeness (QED) is 0.568. The minimum Gasteiger partial charge on any atom is -0.211 e. The van der Waals surface area contributed by atoms with Crippen molar-refractivity contribution in [2.45, 2.75) is 32.2 Å². The Kier molecular flexibility index (Phi) is 3.41. The summed E-state index contributed by atoms with van der Waals surface area (Å²) in [5, 5.41) is 8.81. The predicted octanol–water partition coefficient (Wildman–Crippen LogP) is 2.95. The molecular formula is C11H12N2OS. The van der Waals surface area contributed by atoms with E-state index in [1.165, 1.54) is 22.3 Å². The van der Waals surface area contributed by atoms with E-state index in [0.29, 0.717) is 0 Å². The molecule has 0 saturated carbocycles. The molecule has 0 bridgehead atoms. The fraction of sp³-hybridized carbons (Fsp3) is 0.455. The number of hydrogen-bond acceptors (Lipinski definition) is 4. The maximum absolute atomic E-state index is 10.1. The molecule has 3 nitrogen and oxygen atoms in total. The Bertz CT molecular complexity index is 430. The Labute approximate surface area is 93.1 Å². The molecule has 0 aliphatic rings. The van der Waals surface area contributed by atoms with Gasteiger partial charge in [0.1, 0.15) is 0 Å². The van der Waals surface area contributed by atoms with Crippen molar-refractivity contribution >= 4 is 17.4 Å². The highest BCUT2D eigenvalue weighted by Crippen LogP contribution is 2.33. The van der Waals surface area contributed by atoms with Crippen molar-refractivity contribution in [1.82, 2.24) is 0 Å². The molecule has 1 aromatic rings. The van der Waals surface area contributed by atoms with Gasteiger partial charge in [0, 0.05) is 9.75 Å². The lowest BCUT2D eigenvalue weighted by Gasteiger charge is -2.15. The van der Waals surface area contributed by atoms with Crippen LogP contribution in [0.2, 0.25) is 0 Å². The molecule has 1 aromatic heterocycles. The van der Waals surface area contributed by atoms with Crippen molar-refractivity contribution in [3.05, 3.63) is 21.9 Å². The highest BCUT2D eigenvalue weighted by Gasteiger charge is 2.19. The summed E-state index contributed by atoms with van der Waals surface area (Å²) in [6.07, 6.45) is 1.42. The molecule has 1 heterocycles. The lowest BCUT2D eigenvalue weighted by Crippen LogP contribution is -2.07. The SMILES string of the molecule is CC(C)(C)c1ccc(C(C#N)N=C=O)s1. The number of hydrogen-bond donors (Lipinski definition) is 0. The van der Waals surface area contributed by atoms with E-state index in [4.69, 9.17) is 5.26 Å². The van der Waals surface area contributed by atoms with E-state index in [2.05, 4.69) is 25.8 Å². The first-order chi connectivity index (χ1) is 6.99. The maximum atomic E-state index is 10.1. The molecule has 0 spiro atoms. The number of rotatable bonds is 2. The monoisotopic (exact) mass is 220 g/mol. The van der Waals surface area contributed by atoms with Crippen LogP contribution in [-0.2, 0) is 10.2 Å². The van der Waals surface area contributed by atoms with Gasteiger partial charge in [-0.2, -0.15) is 10.3 Å². The molecule has 1 rings (SSSR count). The van der Waals surface area contributed by atoms with Gasteiger partial charge in [-0.3, -0.25) is 0 Å². The van der Waals surface area contributed by atoms with E-state index in [9.17, 15) is 4.79 Å². The number of thiophene rings is 1. The molecule has 15 heavy (non-hydrogen) atoms. The second-order valence-electron chi connectivity index (χ2n) is 4.20.